The Hall–Kier alpha value is 0.949. The molecular formula is C24H51PSe. The van der Waals surface area contributed by atoms with Crippen LogP contribution >= 0.6 is 6.61 Å². The van der Waals surface area contributed by atoms with Gasteiger partial charge >= 0.3 is 175 Å². The second-order valence-corrected chi connectivity index (χ2v) is 15.9. The molecule has 2 heteroatoms. The molecule has 158 valence electrons. The van der Waals surface area contributed by atoms with Crippen LogP contribution in [0.4, 0.5) is 0 Å². The Balaban J connectivity index is 3.77. The van der Waals surface area contributed by atoms with Crippen LogP contribution in [-0.4, -0.2) is 26.8 Å². The van der Waals surface area contributed by atoms with Crippen LogP contribution in [0.25, 0.3) is 0 Å². The molecule has 26 heavy (non-hydrogen) atoms. The van der Waals surface area contributed by atoms with Crippen molar-refractivity contribution in [2.45, 2.75) is 142 Å². The summed E-state index contributed by atoms with van der Waals surface area (Å²) in [5.74, 6) is 0. The van der Waals surface area contributed by atoms with Crippen molar-refractivity contribution < 1.29 is 0 Å². The van der Waals surface area contributed by atoms with Crippen LogP contribution < -0.4 is 0 Å². The fourth-order valence-electron chi connectivity index (χ4n) is 3.45. The first-order valence-electron chi connectivity index (χ1n) is 12.2. The number of hydrogen-bond donors (Lipinski definition) is 0. The van der Waals surface area contributed by atoms with Crippen molar-refractivity contribution in [1.82, 2.24) is 0 Å². The third-order valence-corrected chi connectivity index (χ3v) is 13.8. The Bertz CT molecular complexity index is 228. The molecule has 0 radical (unpaired) electrons. The van der Waals surface area contributed by atoms with Crippen molar-refractivity contribution in [2.24, 2.45) is 0 Å². The average Bonchev–Trinajstić information content (AvgIpc) is 2.65. The second kappa shape index (κ2) is 24.0. The molecule has 0 nitrogen and oxygen atoms in total. The van der Waals surface area contributed by atoms with E-state index in [9.17, 15) is 0 Å². The molecular weight excluding hydrogens is 398 g/mol. The first kappa shape index (κ1) is 26.9. The molecule has 0 saturated carbocycles. The molecule has 0 unspecified atom stereocenters. The van der Waals surface area contributed by atoms with Gasteiger partial charge in [0.15, 0.2) is 0 Å². The summed E-state index contributed by atoms with van der Waals surface area (Å²) in [6, 6.07) is 0. The molecule has 0 aromatic rings. The summed E-state index contributed by atoms with van der Waals surface area (Å²) in [4.78, 5) is 0. The molecule has 0 spiro atoms. The third-order valence-electron chi connectivity index (χ3n) is 5.29. The maximum atomic E-state index is 2.32. The Morgan fingerprint density at radius 2 is 0.769 bits per heavy atom. The molecule has 0 atom stereocenters. The van der Waals surface area contributed by atoms with E-state index in [4.69, 9.17) is 0 Å². The van der Waals surface area contributed by atoms with Crippen LogP contribution in [0, 0.1) is 0 Å². The molecule has 0 heterocycles. The molecule has 0 aliphatic heterocycles. The van der Waals surface area contributed by atoms with Crippen LogP contribution in [0.5, 0.6) is 0 Å². The molecule has 0 fully saturated rings. The molecule has 0 bridgehead atoms. The predicted molar refractivity (Wildman–Crippen MR) is 127 cm³/mol. The molecule has 0 rings (SSSR count). The van der Waals surface area contributed by atoms with Gasteiger partial charge in [-0.3, -0.25) is 0 Å². The van der Waals surface area contributed by atoms with Gasteiger partial charge < -0.3 is 0 Å². The van der Waals surface area contributed by atoms with E-state index >= 15 is 0 Å². The summed E-state index contributed by atoms with van der Waals surface area (Å²) in [5.41, 5.74) is 0. The summed E-state index contributed by atoms with van der Waals surface area (Å²) in [5, 5.41) is 1.59. The normalized spacial score (nSPS) is 11.5. The second-order valence-electron chi connectivity index (χ2n) is 8.07. The van der Waals surface area contributed by atoms with E-state index in [1.54, 1.807) is 30.5 Å². The van der Waals surface area contributed by atoms with E-state index < -0.39 is 0 Å². The molecule has 0 amide bonds. The Morgan fingerprint density at radius 1 is 0.423 bits per heavy atom. The molecule has 0 aliphatic rings. The minimum absolute atomic E-state index is 0.425. The van der Waals surface area contributed by atoms with Gasteiger partial charge in [-0.25, -0.2) is 0 Å². The van der Waals surface area contributed by atoms with Crippen LogP contribution in [0.3, 0.4) is 0 Å². The van der Waals surface area contributed by atoms with E-state index in [1.165, 1.54) is 103 Å². The van der Waals surface area contributed by atoms with Crippen LogP contribution in [0.15, 0.2) is 0 Å². The summed E-state index contributed by atoms with van der Waals surface area (Å²) in [7, 11) is 0. The number of hydrogen-bond acceptors (Lipinski definition) is 0. The summed E-state index contributed by atoms with van der Waals surface area (Å²) in [6.07, 6.45) is 29.8. The molecule has 0 saturated heterocycles. The Morgan fingerprint density at radius 3 is 1.19 bits per heavy atom. The van der Waals surface area contributed by atoms with E-state index in [0.717, 1.165) is 14.5 Å². The van der Waals surface area contributed by atoms with Gasteiger partial charge in [-0.15, -0.1) is 0 Å². The van der Waals surface area contributed by atoms with Crippen LogP contribution in [-0.2, 0) is 0 Å². The van der Waals surface area contributed by atoms with Crippen molar-refractivity contribution in [2.75, 3.05) is 12.3 Å². The van der Waals surface area contributed by atoms with Crippen LogP contribution in [0.1, 0.15) is 136 Å². The number of unbranched alkanes of at least 4 members (excludes halogenated alkanes) is 15. The Kier molecular flexibility index (Phi) is 24.9. The van der Waals surface area contributed by atoms with Crippen molar-refractivity contribution in [3.63, 3.8) is 0 Å². The molecule has 0 N–H and O–H groups in total. The minimum atomic E-state index is 0.425. The van der Waals surface area contributed by atoms with Crippen molar-refractivity contribution in [1.29, 1.82) is 0 Å². The maximum absolute atomic E-state index is 2.32. The van der Waals surface area contributed by atoms with Gasteiger partial charge in [0.2, 0.25) is 0 Å². The fourth-order valence-corrected chi connectivity index (χ4v) is 11.6. The zero-order valence-corrected chi connectivity index (χ0v) is 21.3. The van der Waals surface area contributed by atoms with Crippen molar-refractivity contribution in [3.8, 4) is 0 Å². The van der Waals surface area contributed by atoms with Gasteiger partial charge in [-0.1, -0.05) is 0 Å². The number of rotatable bonds is 22. The molecule has 0 aliphatic carbocycles. The van der Waals surface area contributed by atoms with Crippen molar-refractivity contribution >= 4 is 21.1 Å². The van der Waals surface area contributed by atoms with E-state index in [2.05, 4.69) is 20.8 Å². The van der Waals surface area contributed by atoms with Crippen LogP contribution in [0.2, 0.25) is 5.32 Å². The third kappa shape index (κ3) is 21.3. The topological polar surface area (TPSA) is 0 Å². The first-order chi connectivity index (χ1) is 12.8. The predicted octanol–water partition coefficient (Wildman–Crippen LogP) is 9.59. The zero-order chi connectivity index (χ0) is 19.1. The summed E-state index contributed by atoms with van der Waals surface area (Å²) < 4.78 is 0. The SMILES string of the molecule is CCCCCCCC[Se]P(CCCCCCCC)CCCCCCCC. The monoisotopic (exact) mass is 450 g/mol. The van der Waals surface area contributed by atoms with Gasteiger partial charge in [0, 0.05) is 0 Å². The summed E-state index contributed by atoms with van der Waals surface area (Å²) >= 11 is 0.993. The van der Waals surface area contributed by atoms with Crippen molar-refractivity contribution in [3.05, 3.63) is 0 Å². The van der Waals surface area contributed by atoms with Gasteiger partial charge in [0.1, 0.15) is 0 Å². The molecule has 0 aromatic heterocycles. The first-order valence-corrected chi connectivity index (χ1v) is 17.4. The average molecular weight is 450 g/mol. The van der Waals surface area contributed by atoms with Gasteiger partial charge in [-0.05, 0) is 0 Å². The Labute approximate surface area is 175 Å². The van der Waals surface area contributed by atoms with Gasteiger partial charge in [0.05, 0.1) is 0 Å². The van der Waals surface area contributed by atoms with E-state index in [0.29, 0.717) is 6.61 Å². The van der Waals surface area contributed by atoms with Gasteiger partial charge in [-0.2, -0.15) is 0 Å². The van der Waals surface area contributed by atoms with E-state index in [-0.39, 0.29) is 0 Å². The fraction of sp³-hybridized carbons (Fsp3) is 1.00. The zero-order valence-electron chi connectivity index (χ0n) is 18.7. The standard InChI is InChI=1S/C24H51PSe/c1-4-7-10-13-16-19-22-25(23-20-17-14-11-8-5-2)26-24-21-18-15-12-9-6-3/h4-24H2,1-3H3. The molecule has 0 aromatic carbocycles. The summed E-state index contributed by atoms with van der Waals surface area (Å²) in [6.45, 7) is 7.39. The van der Waals surface area contributed by atoms with E-state index in [1.807, 2.05) is 0 Å². The van der Waals surface area contributed by atoms with Gasteiger partial charge in [0.25, 0.3) is 0 Å². The quantitative estimate of drug-likeness (QED) is 0.0876.